The molecule has 0 saturated heterocycles. The number of carbonyl (C=O) groups excluding carboxylic acids is 2. The summed E-state index contributed by atoms with van der Waals surface area (Å²) in [6.45, 7) is 2.21. The van der Waals surface area contributed by atoms with Gasteiger partial charge in [-0.15, -0.1) is 0 Å². The molecule has 0 aromatic heterocycles. The molecule has 1 N–H and O–H groups in total. The van der Waals surface area contributed by atoms with Gasteiger partial charge in [0, 0.05) is 25.5 Å². The van der Waals surface area contributed by atoms with Gasteiger partial charge < -0.3 is 15.0 Å². The molecule has 33 heavy (non-hydrogen) atoms. The predicted octanol–water partition coefficient (Wildman–Crippen LogP) is 4.46. The summed E-state index contributed by atoms with van der Waals surface area (Å²) in [5.74, 6) is 0.0163. The monoisotopic (exact) mass is 441 g/mol. The SMILES string of the molecule is COc1ccc(C2=C(Nc3ccc(N(C)C)cc3)C(=O)N(Cc3ccc(C)cc3)C2=O)cc1. The van der Waals surface area contributed by atoms with Crippen molar-refractivity contribution in [3.63, 3.8) is 0 Å². The smallest absolute Gasteiger partial charge is 0.278 e. The Bertz CT molecular complexity index is 1190. The predicted molar refractivity (Wildman–Crippen MR) is 131 cm³/mol. The van der Waals surface area contributed by atoms with Gasteiger partial charge in [-0.25, -0.2) is 0 Å². The van der Waals surface area contributed by atoms with E-state index in [1.165, 1.54) is 4.90 Å². The molecule has 3 aromatic rings. The number of nitrogens with one attached hydrogen (secondary N) is 1. The minimum atomic E-state index is -0.344. The van der Waals surface area contributed by atoms with Crippen molar-refractivity contribution in [2.75, 3.05) is 31.4 Å². The van der Waals surface area contributed by atoms with Gasteiger partial charge in [-0.3, -0.25) is 14.5 Å². The van der Waals surface area contributed by atoms with Gasteiger partial charge in [-0.05, 0) is 54.4 Å². The lowest BCUT2D eigenvalue weighted by atomic mass is 10.0. The highest BCUT2D eigenvalue weighted by molar-refractivity contribution is 6.36. The van der Waals surface area contributed by atoms with E-state index in [9.17, 15) is 9.59 Å². The van der Waals surface area contributed by atoms with E-state index in [1.807, 2.05) is 74.4 Å². The van der Waals surface area contributed by atoms with Crippen molar-refractivity contribution in [2.24, 2.45) is 0 Å². The van der Waals surface area contributed by atoms with Gasteiger partial charge in [-0.1, -0.05) is 42.0 Å². The highest BCUT2D eigenvalue weighted by atomic mass is 16.5. The zero-order valence-electron chi connectivity index (χ0n) is 19.3. The molecule has 0 atom stereocenters. The first kappa shape index (κ1) is 22.1. The Morgan fingerprint density at radius 3 is 2.06 bits per heavy atom. The molecule has 168 valence electrons. The van der Waals surface area contributed by atoms with E-state index < -0.39 is 0 Å². The number of benzene rings is 3. The van der Waals surface area contributed by atoms with E-state index in [2.05, 4.69) is 5.32 Å². The van der Waals surface area contributed by atoms with Gasteiger partial charge in [-0.2, -0.15) is 0 Å². The van der Waals surface area contributed by atoms with Gasteiger partial charge in [0.25, 0.3) is 11.8 Å². The van der Waals surface area contributed by atoms with Crippen molar-refractivity contribution in [1.82, 2.24) is 4.90 Å². The fourth-order valence-corrected chi connectivity index (χ4v) is 3.72. The summed E-state index contributed by atoms with van der Waals surface area (Å²) in [4.78, 5) is 30.2. The number of ether oxygens (including phenoxy) is 1. The van der Waals surface area contributed by atoms with Crippen LogP contribution >= 0.6 is 0 Å². The number of nitrogens with zero attached hydrogens (tertiary/aromatic N) is 2. The number of aryl methyl sites for hydroxylation is 1. The average molecular weight is 442 g/mol. The van der Waals surface area contributed by atoms with Crippen LogP contribution in [0.4, 0.5) is 11.4 Å². The molecule has 3 aromatic carbocycles. The van der Waals surface area contributed by atoms with Gasteiger partial charge in [0.2, 0.25) is 0 Å². The van der Waals surface area contributed by atoms with Crippen LogP contribution in [0, 0.1) is 6.92 Å². The maximum absolute atomic E-state index is 13.5. The number of hydrogen-bond donors (Lipinski definition) is 1. The molecule has 0 radical (unpaired) electrons. The standard InChI is InChI=1S/C27H27N3O3/c1-18-5-7-19(8-6-18)17-30-26(31)24(20-9-15-23(33-4)16-10-20)25(27(30)32)28-21-11-13-22(14-12-21)29(2)3/h5-16,28H,17H2,1-4H3. The fourth-order valence-electron chi connectivity index (χ4n) is 3.72. The summed E-state index contributed by atoms with van der Waals surface area (Å²) >= 11 is 0. The Balaban J connectivity index is 1.70. The second-order valence-corrected chi connectivity index (χ2v) is 8.23. The van der Waals surface area contributed by atoms with Crippen molar-refractivity contribution in [3.05, 3.63) is 95.2 Å². The first-order chi connectivity index (χ1) is 15.9. The Hall–Kier alpha value is -4.06. The summed E-state index contributed by atoms with van der Waals surface area (Å²) in [6.07, 6.45) is 0. The molecule has 0 bridgehead atoms. The molecule has 6 heteroatoms. The molecule has 0 saturated carbocycles. The summed E-state index contributed by atoms with van der Waals surface area (Å²) in [5, 5.41) is 3.21. The van der Waals surface area contributed by atoms with Crippen LogP contribution in [0.25, 0.3) is 5.57 Å². The lowest BCUT2D eigenvalue weighted by molar-refractivity contribution is -0.137. The van der Waals surface area contributed by atoms with Crippen molar-refractivity contribution in [2.45, 2.75) is 13.5 Å². The van der Waals surface area contributed by atoms with Crippen molar-refractivity contribution >= 4 is 28.8 Å². The topological polar surface area (TPSA) is 61.9 Å². The van der Waals surface area contributed by atoms with Crippen LogP contribution in [0.15, 0.2) is 78.5 Å². The maximum Gasteiger partial charge on any atom is 0.278 e. The van der Waals surface area contributed by atoms with E-state index in [4.69, 9.17) is 4.74 Å². The molecule has 0 spiro atoms. The lowest BCUT2D eigenvalue weighted by Crippen LogP contribution is -2.32. The number of rotatable bonds is 7. The Morgan fingerprint density at radius 2 is 1.48 bits per heavy atom. The summed E-state index contributed by atoms with van der Waals surface area (Å²) in [7, 11) is 5.52. The number of methoxy groups -OCH3 is 1. The second kappa shape index (κ2) is 9.20. The molecule has 0 aliphatic carbocycles. The van der Waals surface area contributed by atoms with Crippen molar-refractivity contribution < 1.29 is 14.3 Å². The van der Waals surface area contributed by atoms with E-state index >= 15 is 0 Å². The third-order valence-electron chi connectivity index (χ3n) is 5.66. The Kier molecular flexibility index (Phi) is 6.18. The molecule has 2 amide bonds. The number of amides is 2. The minimum absolute atomic E-state index is 0.211. The molecule has 6 nitrogen and oxygen atoms in total. The van der Waals surface area contributed by atoms with E-state index in [0.29, 0.717) is 16.9 Å². The van der Waals surface area contributed by atoms with Crippen LogP contribution in [0.2, 0.25) is 0 Å². The summed E-state index contributed by atoms with van der Waals surface area (Å²) < 4.78 is 5.24. The average Bonchev–Trinajstić information content (AvgIpc) is 3.05. The first-order valence-corrected chi connectivity index (χ1v) is 10.7. The Morgan fingerprint density at radius 1 is 0.848 bits per heavy atom. The van der Waals surface area contributed by atoms with Gasteiger partial charge in [0.15, 0.2) is 0 Å². The zero-order chi connectivity index (χ0) is 23.5. The van der Waals surface area contributed by atoms with E-state index in [0.717, 1.165) is 22.5 Å². The third-order valence-corrected chi connectivity index (χ3v) is 5.66. The highest BCUT2D eigenvalue weighted by Crippen LogP contribution is 2.32. The first-order valence-electron chi connectivity index (χ1n) is 10.7. The van der Waals surface area contributed by atoms with Crippen molar-refractivity contribution in [3.8, 4) is 5.75 Å². The molecule has 1 heterocycles. The van der Waals surface area contributed by atoms with Crippen LogP contribution in [0.5, 0.6) is 5.75 Å². The normalized spacial score (nSPS) is 13.5. The maximum atomic E-state index is 13.5. The quantitative estimate of drug-likeness (QED) is 0.549. The number of hydrogen-bond acceptors (Lipinski definition) is 5. The van der Waals surface area contributed by atoms with Crippen LogP contribution < -0.4 is 15.0 Å². The van der Waals surface area contributed by atoms with Gasteiger partial charge >= 0.3 is 0 Å². The molecule has 0 unspecified atom stereocenters. The summed E-state index contributed by atoms with van der Waals surface area (Å²) in [5.41, 5.74) is 5.08. The number of anilines is 2. The molecule has 1 aliphatic heterocycles. The van der Waals surface area contributed by atoms with Gasteiger partial charge in [0.05, 0.1) is 19.2 Å². The number of carbonyl (C=O) groups is 2. The molecule has 0 fully saturated rings. The molecular formula is C27H27N3O3. The van der Waals surface area contributed by atoms with Crippen LogP contribution in [0.1, 0.15) is 16.7 Å². The van der Waals surface area contributed by atoms with Crippen LogP contribution in [0.3, 0.4) is 0 Å². The van der Waals surface area contributed by atoms with Crippen LogP contribution in [-0.2, 0) is 16.1 Å². The second-order valence-electron chi connectivity index (χ2n) is 8.23. The molecule has 4 rings (SSSR count). The fraction of sp³-hybridized carbons (Fsp3) is 0.185. The Labute approximate surface area is 194 Å². The number of imide groups is 1. The molecule has 1 aliphatic rings. The highest BCUT2D eigenvalue weighted by Gasteiger charge is 2.39. The molecular weight excluding hydrogens is 414 g/mol. The third kappa shape index (κ3) is 4.60. The zero-order valence-corrected chi connectivity index (χ0v) is 19.3. The van der Waals surface area contributed by atoms with Gasteiger partial charge in [0.1, 0.15) is 11.4 Å². The summed E-state index contributed by atoms with van der Waals surface area (Å²) in [6, 6.07) is 22.7. The minimum Gasteiger partial charge on any atom is -0.497 e. The largest absolute Gasteiger partial charge is 0.497 e. The lowest BCUT2D eigenvalue weighted by Gasteiger charge is -2.16. The van der Waals surface area contributed by atoms with E-state index in [-0.39, 0.29) is 24.1 Å². The van der Waals surface area contributed by atoms with E-state index in [1.54, 1.807) is 31.4 Å². The van der Waals surface area contributed by atoms with Crippen molar-refractivity contribution in [1.29, 1.82) is 0 Å². The van der Waals surface area contributed by atoms with Crippen LogP contribution in [-0.4, -0.2) is 37.9 Å².